The summed E-state index contributed by atoms with van der Waals surface area (Å²) < 4.78 is 104. The Bertz CT molecular complexity index is 2430. The van der Waals surface area contributed by atoms with E-state index in [2.05, 4.69) is 20.6 Å². The van der Waals surface area contributed by atoms with Gasteiger partial charge in [-0.05, 0) is 89.9 Å². The van der Waals surface area contributed by atoms with E-state index in [1.54, 1.807) is 42.5 Å². The summed E-state index contributed by atoms with van der Waals surface area (Å²) in [7, 11) is -1.60. The minimum atomic E-state index is -4.73. The van der Waals surface area contributed by atoms with Gasteiger partial charge >= 0.3 is 19.5 Å². The van der Waals surface area contributed by atoms with E-state index < -0.39 is 64.1 Å². The quantitative estimate of drug-likeness (QED) is 0.0749. The number of rotatable bonds is 6. The third kappa shape index (κ3) is 12.4. The lowest BCUT2D eigenvalue weighted by Gasteiger charge is -2.12. The summed E-state index contributed by atoms with van der Waals surface area (Å²) in [4.78, 5) is 30.4. The smallest absolute Gasteiger partial charge is 0.423 e. The van der Waals surface area contributed by atoms with Gasteiger partial charge in [0.15, 0.2) is 11.4 Å². The second kappa shape index (κ2) is 19.7. The summed E-state index contributed by atoms with van der Waals surface area (Å²) >= 11 is 14.5. The second-order valence-corrected chi connectivity index (χ2v) is 15.8. The van der Waals surface area contributed by atoms with Crippen molar-refractivity contribution in [2.75, 3.05) is 10.6 Å². The lowest BCUT2D eigenvalue weighted by molar-refractivity contribution is -0.141. The third-order valence-electron chi connectivity index (χ3n) is 7.19. The molecule has 0 saturated heterocycles. The zero-order valence-electron chi connectivity index (χ0n) is 29.2. The van der Waals surface area contributed by atoms with Crippen LogP contribution in [0.25, 0.3) is 11.1 Å². The number of hydrogen-bond donors (Lipinski definition) is 4. The van der Waals surface area contributed by atoms with Crippen LogP contribution in [0.2, 0.25) is 10.0 Å². The van der Waals surface area contributed by atoms with Crippen LogP contribution in [-0.2, 0) is 12.4 Å². The maximum Gasteiger partial charge on any atom is 0.488 e. The molecule has 6 rings (SSSR count). The van der Waals surface area contributed by atoms with E-state index in [-0.39, 0.29) is 31.2 Å². The normalized spacial score (nSPS) is 11.2. The van der Waals surface area contributed by atoms with E-state index in [4.69, 9.17) is 33.2 Å². The van der Waals surface area contributed by atoms with Gasteiger partial charge in [-0.1, -0.05) is 65.7 Å². The van der Waals surface area contributed by atoms with Gasteiger partial charge in [0.25, 0.3) is 11.8 Å². The van der Waals surface area contributed by atoms with Gasteiger partial charge in [0.1, 0.15) is 21.4 Å². The van der Waals surface area contributed by atoms with Crippen LogP contribution in [0.1, 0.15) is 40.7 Å². The monoisotopic (exact) mass is 1000 g/mol. The van der Waals surface area contributed by atoms with Crippen molar-refractivity contribution < 1.29 is 54.8 Å². The largest absolute Gasteiger partial charge is 0.488 e. The molecule has 0 bridgehead atoms. The molecule has 0 atom stereocenters. The molecular weight excluding hydrogens is 977 g/mol. The molecule has 2 aromatic heterocycles. The van der Waals surface area contributed by atoms with Crippen LogP contribution in [-0.4, -0.2) is 38.9 Å². The first-order valence-corrected chi connectivity index (χ1v) is 19.4. The molecule has 0 aliphatic carbocycles. The van der Waals surface area contributed by atoms with E-state index in [0.717, 1.165) is 21.0 Å². The molecule has 4 N–H and O–H groups in total. The van der Waals surface area contributed by atoms with Gasteiger partial charge < -0.3 is 20.7 Å². The van der Waals surface area contributed by atoms with Crippen molar-refractivity contribution in [3.8, 4) is 11.1 Å². The number of aromatic nitrogens is 2. The van der Waals surface area contributed by atoms with E-state index in [1.807, 2.05) is 22.6 Å². The number of carbonyl (C=O) groups is 2. The number of carbonyl (C=O) groups excluding carboxylic acids is 2. The van der Waals surface area contributed by atoms with E-state index in [0.29, 0.717) is 28.2 Å². The molecule has 2 amide bonds. The number of alkyl halides is 6. The summed E-state index contributed by atoms with van der Waals surface area (Å²) in [6.07, 6.45) is -9.37. The van der Waals surface area contributed by atoms with Crippen LogP contribution in [0.5, 0.6) is 0 Å². The van der Waals surface area contributed by atoms with Gasteiger partial charge in [-0.15, -0.1) is 22.7 Å². The minimum Gasteiger partial charge on any atom is -0.423 e. The number of nitrogens with zero attached hydrogens (tertiary/aromatic N) is 2. The summed E-state index contributed by atoms with van der Waals surface area (Å²) in [5, 5.41) is 22.3. The van der Waals surface area contributed by atoms with E-state index in [1.165, 1.54) is 50.2 Å². The number of halogens is 11. The number of amides is 2. The van der Waals surface area contributed by atoms with E-state index in [9.17, 15) is 44.7 Å². The van der Waals surface area contributed by atoms with Crippen molar-refractivity contribution in [2.24, 2.45) is 0 Å². The maximum atomic E-state index is 13.4. The standard InChI is InChI=1S/C18H11ClF4N2OS.C12H8F3IN2OS.C6H5BClFO2/c1-9-24-16(18(21,22)23)15(27-9)17(26)25-14-5-3-2-4-11(14)10-6-7-13(20)12(19)8-10;1-6-17-10(12(13,14)15)9(20-6)11(19)18-8-5-3-2-4-7(8)16;8-5-3-4(7(10)11)1-2-6(5)9/h2-8H,1H3,(H,25,26);2-5H,1H3,(H,18,19);1-3,10-11H. The molecule has 22 heteroatoms. The first-order valence-electron chi connectivity index (χ1n) is 15.9. The van der Waals surface area contributed by atoms with Gasteiger partial charge in [-0.25, -0.2) is 18.7 Å². The summed E-state index contributed by atoms with van der Waals surface area (Å²) in [6.45, 7) is 2.83. The van der Waals surface area contributed by atoms with Crippen LogP contribution in [0.4, 0.5) is 46.5 Å². The predicted octanol–water partition coefficient (Wildman–Crippen LogP) is 10.7. The highest BCUT2D eigenvalue weighted by Crippen LogP contribution is 2.37. The second-order valence-electron chi connectivity index (χ2n) is 11.4. The van der Waals surface area contributed by atoms with E-state index >= 15 is 0 Å². The Labute approximate surface area is 356 Å². The molecule has 6 aromatic rings. The number of para-hydroxylation sites is 2. The van der Waals surface area contributed by atoms with Crippen LogP contribution in [0, 0.1) is 29.1 Å². The molecule has 0 saturated carbocycles. The number of nitrogens with one attached hydrogen (secondary N) is 2. The zero-order chi connectivity index (χ0) is 43.1. The molecule has 4 aromatic carbocycles. The van der Waals surface area contributed by atoms with Crippen molar-refractivity contribution in [1.82, 2.24) is 9.97 Å². The van der Waals surface area contributed by atoms with Crippen LogP contribution in [0.15, 0.2) is 84.9 Å². The fourth-order valence-corrected chi connectivity index (χ4v) is 7.21. The Kier molecular flexibility index (Phi) is 15.8. The van der Waals surface area contributed by atoms with Gasteiger partial charge in [-0.3, -0.25) is 9.59 Å². The van der Waals surface area contributed by atoms with Gasteiger partial charge in [0.05, 0.1) is 25.7 Å². The molecule has 0 fully saturated rings. The summed E-state index contributed by atoms with van der Waals surface area (Å²) in [5.41, 5.74) is -0.442. The Morgan fingerprint density at radius 2 is 1.14 bits per heavy atom. The number of aryl methyl sites for hydroxylation is 2. The number of hydrogen-bond acceptors (Lipinski definition) is 8. The van der Waals surface area contributed by atoms with Crippen molar-refractivity contribution in [2.45, 2.75) is 26.2 Å². The Morgan fingerprint density at radius 1 is 0.690 bits per heavy atom. The number of benzene rings is 4. The highest BCUT2D eigenvalue weighted by Gasteiger charge is 2.40. The Balaban J connectivity index is 0.000000210. The Hall–Kier alpha value is -4.19. The molecule has 0 aliphatic heterocycles. The first-order chi connectivity index (χ1) is 27.1. The molecule has 304 valence electrons. The molecule has 0 aliphatic rings. The summed E-state index contributed by atoms with van der Waals surface area (Å²) in [5.74, 6) is -2.89. The molecule has 0 radical (unpaired) electrons. The topological polar surface area (TPSA) is 124 Å². The Morgan fingerprint density at radius 3 is 1.60 bits per heavy atom. The van der Waals surface area contributed by atoms with Gasteiger partial charge in [-0.2, -0.15) is 26.3 Å². The number of anilines is 2. The van der Waals surface area contributed by atoms with Crippen molar-refractivity contribution in [1.29, 1.82) is 0 Å². The third-order valence-corrected chi connectivity index (χ3v) is 10.6. The fourth-order valence-electron chi connectivity index (χ4n) is 4.65. The van der Waals surface area contributed by atoms with Crippen LogP contribution >= 0.6 is 68.5 Å². The molecule has 0 unspecified atom stereocenters. The molecule has 2 heterocycles. The molecule has 58 heavy (non-hydrogen) atoms. The van der Waals surface area contributed by atoms with Crippen LogP contribution in [0.3, 0.4) is 0 Å². The predicted molar refractivity (Wildman–Crippen MR) is 217 cm³/mol. The van der Waals surface area contributed by atoms with Crippen molar-refractivity contribution in [3.63, 3.8) is 0 Å². The lowest BCUT2D eigenvalue weighted by Crippen LogP contribution is -2.29. The average Bonchev–Trinajstić information content (AvgIpc) is 3.76. The van der Waals surface area contributed by atoms with Crippen molar-refractivity contribution >= 4 is 104 Å². The van der Waals surface area contributed by atoms with Crippen LogP contribution < -0.4 is 16.1 Å². The molecule has 8 nitrogen and oxygen atoms in total. The SMILES string of the molecule is Cc1nc(C(F)(F)F)c(C(=O)Nc2ccccc2-c2ccc(F)c(Cl)c2)s1.Cc1nc(C(F)(F)F)c(C(=O)Nc2ccccc2I)s1.OB(O)c1ccc(F)c(Cl)c1. The highest BCUT2D eigenvalue weighted by molar-refractivity contribution is 14.1. The minimum absolute atomic E-state index is 0.105. The summed E-state index contributed by atoms with van der Waals surface area (Å²) in [6, 6.07) is 20.8. The van der Waals surface area contributed by atoms with Crippen molar-refractivity contribution in [3.05, 3.63) is 141 Å². The maximum absolute atomic E-state index is 13.4. The number of thiazole rings is 2. The highest BCUT2D eigenvalue weighted by atomic mass is 127. The fraction of sp³-hybridized carbons (Fsp3) is 0.111. The average molecular weight is 1000 g/mol. The van der Waals surface area contributed by atoms with Gasteiger partial charge in [0.2, 0.25) is 0 Å². The molecular formula is C36H24BCl2F8IN4O4S2. The van der Waals surface area contributed by atoms with Gasteiger partial charge in [0, 0.05) is 14.8 Å². The zero-order valence-corrected chi connectivity index (χ0v) is 34.5. The lowest BCUT2D eigenvalue weighted by atomic mass is 9.80. The molecule has 0 spiro atoms. The first kappa shape index (κ1) is 46.5.